The van der Waals surface area contributed by atoms with Gasteiger partial charge in [0.25, 0.3) is 0 Å². The molecule has 0 radical (unpaired) electrons. The van der Waals surface area contributed by atoms with E-state index in [4.69, 9.17) is 4.52 Å². The lowest BCUT2D eigenvalue weighted by molar-refractivity contribution is 0.189. The summed E-state index contributed by atoms with van der Waals surface area (Å²) in [6.07, 6.45) is 3.96. The van der Waals surface area contributed by atoms with E-state index in [0.717, 1.165) is 49.9 Å². The third-order valence-corrected chi connectivity index (χ3v) is 5.82. The maximum atomic E-state index is 5.48. The highest BCUT2D eigenvalue weighted by Gasteiger charge is 2.25. The molecule has 0 spiro atoms. The average Bonchev–Trinajstić information content (AvgIpc) is 3.36. The predicted octanol–water partition coefficient (Wildman–Crippen LogP) is 4.02. The van der Waals surface area contributed by atoms with Gasteiger partial charge < -0.3 is 4.52 Å². The van der Waals surface area contributed by atoms with Crippen molar-refractivity contribution >= 4 is 11.3 Å². The second-order valence-corrected chi connectivity index (χ2v) is 8.10. The summed E-state index contributed by atoms with van der Waals surface area (Å²) in [5, 5.41) is 11.2. The van der Waals surface area contributed by atoms with Gasteiger partial charge in [-0.3, -0.25) is 10.00 Å². The molecule has 1 N–H and O–H groups in total. The van der Waals surface area contributed by atoms with Crippen LogP contribution in [-0.2, 0) is 6.54 Å². The summed E-state index contributed by atoms with van der Waals surface area (Å²) < 4.78 is 5.48. The van der Waals surface area contributed by atoms with Crippen LogP contribution >= 0.6 is 11.3 Å². The van der Waals surface area contributed by atoms with Gasteiger partial charge in [0.2, 0.25) is 5.89 Å². The summed E-state index contributed by atoms with van der Waals surface area (Å²) in [5.74, 6) is 2.36. The van der Waals surface area contributed by atoms with Crippen molar-refractivity contribution in [2.45, 2.75) is 45.1 Å². The fourth-order valence-corrected chi connectivity index (χ4v) is 4.23. The predicted molar refractivity (Wildman–Crippen MR) is 97.5 cm³/mol. The first-order valence-electron chi connectivity index (χ1n) is 8.83. The molecule has 1 aliphatic rings. The first-order valence-corrected chi connectivity index (χ1v) is 9.65. The molecule has 132 valence electrons. The summed E-state index contributed by atoms with van der Waals surface area (Å²) in [4.78, 5) is 9.72. The summed E-state index contributed by atoms with van der Waals surface area (Å²) in [5.41, 5.74) is 1.09. The first kappa shape index (κ1) is 16.5. The van der Waals surface area contributed by atoms with Gasteiger partial charge in [-0.2, -0.15) is 10.1 Å². The van der Waals surface area contributed by atoms with Crippen LogP contribution < -0.4 is 0 Å². The molecule has 1 saturated heterocycles. The summed E-state index contributed by atoms with van der Waals surface area (Å²) in [6, 6.07) is 6.41. The molecule has 25 heavy (non-hydrogen) atoms. The van der Waals surface area contributed by atoms with Crippen molar-refractivity contribution in [1.29, 1.82) is 0 Å². The molecule has 0 amide bonds. The molecule has 6 nitrogen and oxygen atoms in total. The van der Waals surface area contributed by atoms with Gasteiger partial charge >= 0.3 is 0 Å². The van der Waals surface area contributed by atoms with E-state index in [1.807, 2.05) is 17.4 Å². The lowest BCUT2D eigenvalue weighted by Gasteiger charge is -2.29. The molecular formula is C18H23N5OS. The number of hydrogen-bond donors (Lipinski definition) is 1. The first-order chi connectivity index (χ1) is 12.2. The molecule has 1 fully saturated rings. The van der Waals surface area contributed by atoms with Crippen LogP contribution in [0.25, 0.3) is 10.6 Å². The van der Waals surface area contributed by atoms with Gasteiger partial charge in [-0.15, -0.1) is 11.3 Å². The van der Waals surface area contributed by atoms with Crippen molar-refractivity contribution < 1.29 is 4.52 Å². The van der Waals surface area contributed by atoms with Crippen LogP contribution in [0.15, 0.2) is 28.9 Å². The SMILES string of the molecule is CC(C)c1noc(C2CCN(Cc3ccc(-c4ccn[nH]4)s3)CC2)n1. The van der Waals surface area contributed by atoms with Crippen LogP contribution in [0.1, 0.15) is 55.1 Å². The number of piperidine rings is 1. The van der Waals surface area contributed by atoms with E-state index < -0.39 is 0 Å². The van der Waals surface area contributed by atoms with Crippen LogP contribution in [0.2, 0.25) is 0 Å². The Balaban J connectivity index is 1.33. The smallest absolute Gasteiger partial charge is 0.229 e. The van der Waals surface area contributed by atoms with Gasteiger partial charge in [-0.05, 0) is 44.1 Å². The molecule has 0 bridgehead atoms. The molecule has 0 unspecified atom stereocenters. The Labute approximate surface area is 151 Å². The molecule has 0 atom stereocenters. The van der Waals surface area contributed by atoms with Crippen LogP contribution in [0.5, 0.6) is 0 Å². The Morgan fingerprint density at radius 1 is 1.28 bits per heavy atom. The molecule has 0 aliphatic carbocycles. The van der Waals surface area contributed by atoms with Crippen molar-refractivity contribution in [3.63, 3.8) is 0 Å². The molecular weight excluding hydrogens is 334 g/mol. The van der Waals surface area contributed by atoms with E-state index in [2.05, 4.69) is 51.2 Å². The molecule has 7 heteroatoms. The normalized spacial score (nSPS) is 16.8. The number of rotatable bonds is 5. The largest absolute Gasteiger partial charge is 0.339 e. The molecule has 3 aromatic rings. The number of hydrogen-bond acceptors (Lipinski definition) is 6. The Hall–Kier alpha value is -1.99. The lowest BCUT2D eigenvalue weighted by Crippen LogP contribution is -2.32. The van der Waals surface area contributed by atoms with E-state index in [-0.39, 0.29) is 0 Å². The number of H-pyrrole nitrogens is 1. The zero-order valence-electron chi connectivity index (χ0n) is 14.6. The van der Waals surface area contributed by atoms with Gasteiger partial charge in [0.1, 0.15) is 0 Å². The van der Waals surface area contributed by atoms with Crippen LogP contribution in [0, 0.1) is 0 Å². The topological polar surface area (TPSA) is 70.8 Å². The summed E-state index contributed by atoms with van der Waals surface area (Å²) in [7, 11) is 0. The van der Waals surface area contributed by atoms with Crippen molar-refractivity contribution in [2.75, 3.05) is 13.1 Å². The molecule has 4 rings (SSSR count). The van der Waals surface area contributed by atoms with Gasteiger partial charge in [0, 0.05) is 29.5 Å². The van der Waals surface area contributed by atoms with Crippen molar-refractivity contribution in [3.05, 3.63) is 41.0 Å². The third kappa shape index (κ3) is 3.67. The molecule has 1 aliphatic heterocycles. The maximum absolute atomic E-state index is 5.48. The highest BCUT2D eigenvalue weighted by Crippen LogP contribution is 2.31. The number of nitrogens with one attached hydrogen (secondary N) is 1. The van der Waals surface area contributed by atoms with E-state index in [1.54, 1.807) is 6.20 Å². The molecule has 0 aromatic carbocycles. The van der Waals surface area contributed by atoms with Gasteiger partial charge in [0.15, 0.2) is 5.82 Å². The minimum absolute atomic E-state index is 0.320. The monoisotopic (exact) mass is 357 g/mol. The van der Waals surface area contributed by atoms with E-state index in [1.165, 1.54) is 9.75 Å². The summed E-state index contributed by atoms with van der Waals surface area (Å²) >= 11 is 1.83. The molecule has 0 saturated carbocycles. The van der Waals surface area contributed by atoms with E-state index in [0.29, 0.717) is 11.8 Å². The standard InChI is InChI=1S/C18H23N5OS/c1-12(2)17-20-18(24-22-17)13-6-9-23(10-7-13)11-14-3-4-16(25-14)15-5-8-19-21-15/h3-5,8,12-13H,6-7,9-11H2,1-2H3,(H,19,21). The Morgan fingerprint density at radius 2 is 2.12 bits per heavy atom. The van der Waals surface area contributed by atoms with Crippen LogP contribution in [-0.4, -0.2) is 38.3 Å². The highest BCUT2D eigenvalue weighted by atomic mass is 32.1. The quantitative estimate of drug-likeness (QED) is 0.746. The van der Waals surface area contributed by atoms with Gasteiger partial charge in [-0.1, -0.05) is 19.0 Å². The molecule has 3 aromatic heterocycles. The minimum Gasteiger partial charge on any atom is -0.339 e. The number of thiophene rings is 1. The second-order valence-electron chi connectivity index (χ2n) is 6.93. The van der Waals surface area contributed by atoms with Gasteiger partial charge in [0.05, 0.1) is 10.6 Å². The Morgan fingerprint density at radius 3 is 2.80 bits per heavy atom. The highest BCUT2D eigenvalue weighted by molar-refractivity contribution is 7.15. The fourth-order valence-electron chi connectivity index (χ4n) is 3.21. The van der Waals surface area contributed by atoms with Crippen molar-refractivity contribution in [3.8, 4) is 10.6 Å². The van der Waals surface area contributed by atoms with Crippen molar-refractivity contribution in [1.82, 2.24) is 25.2 Å². The van der Waals surface area contributed by atoms with Crippen molar-refractivity contribution in [2.24, 2.45) is 0 Å². The van der Waals surface area contributed by atoms with Gasteiger partial charge in [-0.25, -0.2) is 0 Å². The Kier molecular flexibility index (Phi) is 4.67. The van der Waals surface area contributed by atoms with Crippen LogP contribution in [0.4, 0.5) is 0 Å². The average molecular weight is 357 g/mol. The zero-order chi connectivity index (χ0) is 17.2. The fraction of sp³-hybridized carbons (Fsp3) is 0.500. The summed E-state index contributed by atoms with van der Waals surface area (Å²) in [6.45, 7) is 7.33. The number of aromatic nitrogens is 4. The van der Waals surface area contributed by atoms with E-state index in [9.17, 15) is 0 Å². The maximum Gasteiger partial charge on any atom is 0.229 e. The van der Waals surface area contributed by atoms with E-state index >= 15 is 0 Å². The second kappa shape index (κ2) is 7.09. The lowest BCUT2D eigenvalue weighted by atomic mass is 9.96. The number of nitrogens with zero attached hydrogens (tertiary/aromatic N) is 4. The molecule has 4 heterocycles. The number of likely N-dealkylation sites (tertiary alicyclic amines) is 1. The van der Waals surface area contributed by atoms with Crippen LogP contribution in [0.3, 0.4) is 0 Å². The number of aromatic amines is 1. The zero-order valence-corrected chi connectivity index (χ0v) is 15.4. The third-order valence-electron chi connectivity index (χ3n) is 4.72. The Bertz CT molecular complexity index is 799. The minimum atomic E-state index is 0.320.